The van der Waals surface area contributed by atoms with Crippen LogP contribution in [0.5, 0.6) is 0 Å². The molecular formula is C14H23N3. The molecule has 2 heterocycles. The van der Waals surface area contributed by atoms with Crippen molar-refractivity contribution in [3.63, 3.8) is 0 Å². The summed E-state index contributed by atoms with van der Waals surface area (Å²) in [5.41, 5.74) is 2.67. The second-order valence-corrected chi connectivity index (χ2v) is 5.14. The summed E-state index contributed by atoms with van der Waals surface area (Å²) in [6.45, 7) is 11.1. The van der Waals surface area contributed by atoms with E-state index in [2.05, 4.69) is 42.0 Å². The van der Waals surface area contributed by atoms with Crippen LogP contribution in [0.1, 0.15) is 26.3 Å². The first-order valence-electron chi connectivity index (χ1n) is 6.61. The summed E-state index contributed by atoms with van der Waals surface area (Å²) in [4.78, 5) is 6.74. The van der Waals surface area contributed by atoms with Gasteiger partial charge in [0.1, 0.15) is 0 Å². The number of nitrogens with zero attached hydrogens (tertiary/aromatic N) is 2. The monoisotopic (exact) mass is 233 g/mol. The lowest BCUT2D eigenvalue weighted by Gasteiger charge is -2.21. The molecule has 2 atom stereocenters. The van der Waals surface area contributed by atoms with Crippen molar-refractivity contribution in [2.24, 2.45) is 11.8 Å². The molecular weight excluding hydrogens is 210 g/mol. The Balaban J connectivity index is 2.14. The van der Waals surface area contributed by atoms with Crippen LogP contribution in [0.2, 0.25) is 0 Å². The third-order valence-electron chi connectivity index (χ3n) is 3.77. The molecule has 2 unspecified atom stereocenters. The first-order valence-corrected chi connectivity index (χ1v) is 6.61. The number of hydrogen-bond acceptors (Lipinski definition) is 3. The molecule has 0 aliphatic carbocycles. The van der Waals surface area contributed by atoms with Gasteiger partial charge in [0, 0.05) is 43.3 Å². The summed E-state index contributed by atoms with van der Waals surface area (Å²) in [5.74, 6) is 1.57. The maximum Gasteiger partial charge on any atom is 0.0443 e. The van der Waals surface area contributed by atoms with Gasteiger partial charge in [-0.05, 0) is 24.4 Å². The van der Waals surface area contributed by atoms with E-state index in [0.29, 0.717) is 0 Å². The molecule has 0 spiro atoms. The third kappa shape index (κ3) is 2.78. The van der Waals surface area contributed by atoms with Gasteiger partial charge < -0.3 is 10.2 Å². The van der Waals surface area contributed by atoms with Crippen molar-refractivity contribution >= 4 is 5.69 Å². The molecule has 0 aromatic carbocycles. The van der Waals surface area contributed by atoms with Gasteiger partial charge in [0.05, 0.1) is 0 Å². The highest BCUT2D eigenvalue weighted by Gasteiger charge is 2.27. The Labute approximate surface area is 104 Å². The average molecular weight is 233 g/mol. The molecule has 94 valence electrons. The number of pyridine rings is 1. The van der Waals surface area contributed by atoms with E-state index in [1.807, 2.05) is 12.4 Å². The van der Waals surface area contributed by atoms with E-state index >= 15 is 0 Å². The van der Waals surface area contributed by atoms with Gasteiger partial charge >= 0.3 is 0 Å². The van der Waals surface area contributed by atoms with Crippen LogP contribution in [0, 0.1) is 11.8 Å². The van der Waals surface area contributed by atoms with E-state index in [9.17, 15) is 0 Å². The molecule has 0 bridgehead atoms. The fourth-order valence-electron chi connectivity index (χ4n) is 2.45. The SMILES string of the molecule is CCNCc1cnccc1N1CC(C)C(C)C1. The molecule has 1 aliphatic rings. The largest absolute Gasteiger partial charge is 0.371 e. The summed E-state index contributed by atoms with van der Waals surface area (Å²) in [6.07, 6.45) is 3.89. The number of nitrogens with one attached hydrogen (secondary N) is 1. The molecule has 1 fully saturated rings. The van der Waals surface area contributed by atoms with Gasteiger partial charge in [0.15, 0.2) is 0 Å². The predicted octanol–water partition coefficient (Wildman–Crippen LogP) is 2.28. The summed E-state index contributed by atoms with van der Waals surface area (Å²) in [6, 6.07) is 2.15. The molecule has 1 saturated heterocycles. The van der Waals surface area contributed by atoms with Gasteiger partial charge in [-0.2, -0.15) is 0 Å². The van der Waals surface area contributed by atoms with Gasteiger partial charge in [-0.3, -0.25) is 4.98 Å². The van der Waals surface area contributed by atoms with Crippen LogP contribution in [0.25, 0.3) is 0 Å². The van der Waals surface area contributed by atoms with Crippen molar-refractivity contribution in [1.29, 1.82) is 0 Å². The zero-order chi connectivity index (χ0) is 12.3. The Bertz CT molecular complexity index is 354. The molecule has 0 amide bonds. The first-order chi connectivity index (χ1) is 8.22. The second-order valence-electron chi connectivity index (χ2n) is 5.14. The Kier molecular flexibility index (Phi) is 4.00. The van der Waals surface area contributed by atoms with E-state index in [1.165, 1.54) is 24.3 Å². The molecule has 3 heteroatoms. The second kappa shape index (κ2) is 5.50. The van der Waals surface area contributed by atoms with Crippen LogP contribution in [-0.4, -0.2) is 24.6 Å². The third-order valence-corrected chi connectivity index (χ3v) is 3.77. The fourth-order valence-corrected chi connectivity index (χ4v) is 2.45. The van der Waals surface area contributed by atoms with Crippen LogP contribution < -0.4 is 10.2 Å². The van der Waals surface area contributed by atoms with Gasteiger partial charge in [0.25, 0.3) is 0 Å². The number of aromatic nitrogens is 1. The smallest absolute Gasteiger partial charge is 0.0443 e. The quantitative estimate of drug-likeness (QED) is 0.865. The topological polar surface area (TPSA) is 28.2 Å². The summed E-state index contributed by atoms with van der Waals surface area (Å²) >= 11 is 0. The lowest BCUT2D eigenvalue weighted by molar-refractivity contribution is 0.494. The van der Waals surface area contributed by atoms with Crippen LogP contribution >= 0.6 is 0 Å². The van der Waals surface area contributed by atoms with Crippen molar-refractivity contribution in [1.82, 2.24) is 10.3 Å². The van der Waals surface area contributed by atoms with E-state index in [0.717, 1.165) is 24.9 Å². The summed E-state index contributed by atoms with van der Waals surface area (Å²) in [5, 5.41) is 3.38. The molecule has 17 heavy (non-hydrogen) atoms. The summed E-state index contributed by atoms with van der Waals surface area (Å²) in [7, 11) is 0. The van der Waals surface area contributed by atoms with E-state index in [-0.39, 0.29) is 0 Å². The minimum atomic E-state index is 0.787. The lowest BCUT2D eigenvalue weighted by Crippen LogP contribution is -2.23. The molecule has 1 N–H and O–H groups in total. The minimum absolute atomic E-state index is 0.787. The fraction of sp³-hybridized carbons (Fsp3) is 0.643. The van der Waals surface area contributed by atoms with Crippen molar-refractivity contribution in [3.05, 3.63) is 24.0 Å². The highest BCUT2D eigenvalue weighted by molar-refractivity contribution is 5.53. The molecule has 2 rings (SSSR count). The van der Waals surface area contributed by atoms with E-state index < -0.39 is 0 Å². The molecule has 1 aromatic heterocycles. The Morgan fingerprint density at radius 3 is 2.71 bits per heavy atom. The van der Waals surface area contributed by atoms with Gasteiger partial charge in [0.2, 0.25) is 0 Å². The number of rotatable bonds is 4. The van der Waals surface area contributed by atoms with Crippen LogP contribution in [0.4, 0.5) is 5.69 Å². The normalized spacial score (nSPS) is 24.3. The maximum absolute atomic E-state index is 4.24. The van der Waals surface area contributed by atoms with Crippen molar-refractivity contribution in [2.75, 3.05) is 24.5 Å². The van der Waals surface area contributed by atoms with Crippen LogP contribution in [-0.2, 0) is 6.54 Å². The number of anilines is 1. The number of hydrogen-bond donors (Lipinski definition) is 1. The average Bonchev–Trinajstić information content (AvgIpc) is 2.67. The minimum Gasteiger partial charge on any atom is -0.371 e. The van der Waals surface area contributed by atoms with E-state index in [1.54, 1.807) is 0 Å². The zero-order valence-electron chi connectivity index (χ0n) is 11.1. The Morgan fingerprint density at radius 2 is 2.06 bits per heavy atom. The van der Waals surface area contributed by atoms with Gasteiger partial charge in [-0.15, -0.1) is 0 Å². The summed E-state index contributed by atoms with van der Waals surface area (Å²) < 4.78 is 0. The highest BCUT2D eigenvalue weighted by atomic mass is 15.2. The molecule has 0 saturated carbocycles. The van der Waals surface area contributed by atoms with Crippen LogP contribution in [0.15, 0.2) is 18.5 Å². The van der Waals surface area contributed by atoms with Gasteiger partial charge in [-0.25, -0.2) is 0 Å². The Hall–Kier alpha value is -1.09. The van der Waals surface area contributed by atoms with Crippen molar-refractivity contribution in [2.45, 2.75) is 27.3 Å². The molecule has 1 aromatic rings. The van der Waals surface area contributed by atoms with Crippen LogP contribution in [0.3, 0.4) is 0 Å². The van der Waals surface area contributed by atoms with Crippen molar-refractivity contribution < 1.29 is 0 Å². The zero-order valence-corrected chi connectivity index (χ0v) is 11.1. The van der Waals surface area contributed by atoms with E-state index in [4.69, 9.17) is 0 Å². The van der Waals surface area contributed by atoms with Crippen molar-refractivity contribution in [3.8, 4) is 0 Å². The molecule has 0 radical (unpaired) electrons. The first kappa shape index (κ1) is 12.4. The lowest BCUT2D eigenvalue weighted by atomic mass is 10.0. The molecule has 1 aliphatic heterocycles. The Morgan fingerprint density at radius 1 is 1.35 bits per heavy atom. The maximum atomic E-state index is 4.24. The highest BCUT2D eigenvalue weighted by Crippen LogP contribution is 2.29. The van der Waals surface area contributed by atoms with Gasteiger partial charge in [-0.1, -0.05) is 20.8 Å². The predicted molar refractivity (Wildman–Crippen MR) is 72.2 cm³/mol. The standard InChI is InChI=1S/C14H23N3/c1-4-15-7-13-8-16-6-5-14(13)17-9-11(2)12(3)10-17/h5-6,8,11-12,15H,4,7,9-10H2,1-3H3. The molecule has 3 nitrogen and oxygen atoms in total.